The van der Waals surface area contributed by atoms with Crippen LogP contribution in [-0.4, -0.2) is 27.3 Å². The van der Waals surface area contributed by atoms with E-state index in [2.05, 4.69) is 10.1 Å². The number of aromatic nitrogens is 3. The van der Waals surface area contributed by atoms with Crippen LogP contribution < -0.4 is 0 Å². The molecule has 0 spiro atoms. The second-order valence-electron chi connectivity index (χ2n) is 4.91. The van der Waals surface area contributed by atoms with Gasteiger partial charge in [-0.3, -0.25) is 9.67 Å². The van der Waals surface area contributed by atoms with E-state index in [0.717, 1.165) is 17.0 Å². The minimum absolute atomic E-state index is 0.144. The van der Waals surface area contributed by atoms with E-state index in [0.29, 0.717) is 12.2 Å². The van der Waals surface area contributed by atoms with Gasteiger partial charge in [-0.1, -0.05) is 13.8 Å². The maximum atomic E-state index is 11.9. The number of carbonyl (C=O) groups is 1. The van der Waals surface area contributed by atoms with Crippen molar-refractivity contribution in [2.75, 3.05) is 6.61 Å². The Morgan fingerprint density at radius 3 is 2.70 bits per heavy atom. The fourth-order valence-corrected chi connectivity index (χ4v) is 2.01. The summed E-state index contributed by atoms with van der Waals surface area (Å²) in [6.45, 7) is 6.18. The molecule has 0 aliphatic heterocycles. The summed E-state index contributed by atoms with van der Waals surface area (Å²) >= 11 is 0. The van der Waals surface area contributed by atoms with E-state index in [1.54, 1.807) is 23.9 Å². The minimum atomic E-state index is -0.318. The fourth-order valence-electron chi connectivity index (χ4n) is 2.01. The van der Waals surface area contributed by atoms with Crippen LogP contribution in [0, 0.1) is 0 Å². The number of rotatable bonds is 4. The second kappa shape index (κ2) is 5.86. The molecule has 0 bridgehead atoms. The van der Waals surface area contributed by atoms with Gasteiger partial charge in [0.2, 0.25) is 0 Å². The molecule has 0 saturated heterocycles. The van der Waals surface area contributed by atoms with Gasteiger partial charge in [0.25, 0.3) is 0 Å². The molecule has 2 aromatic rings. The molecule has 2 rings (SSSR count). The van der Waals surface area contributed by atoms with Gasteiger partial charge in [-0.15, -0.1) is 0 Å². The predicted octanol–water partition coefficient (Wildman–Crippen LogP) is 2.78. The topological polar surface area (TPSA) is 57.0 Å². The average molecular weight is 273 g/mol. The SMILES string of the molecule is CCOC(=O)c1ccc(-c2cnn(C)c2)nc1C(C)C. The molecule has 2 aromatic heterocycles. The van der Waals surface area contributed by atoms with Gasteiger partial charge in [-0.25, -0.2) is 4.79 Å². The van der Waals surface area contributed by atoms with Crippen LogP contribution in [0.3, 0.4) is 0 Å². The van der Waals surface area contributed by atoms with Crippen molar-refractivity contribution < 1.29 is 9.53 Å². The maximum absolute atomic E-state index is 11.9. The molecular weight excluding hydrogens is 254 g/mol. The maximum Gasteiger partial charge on any atom is 0.339 e. The van der Waals surface area contributed by atoms with Crippen LogP contribution in [0.4, 0.5) is 0 Å². The number of pyridine rings is 1. The molecule has 2 heterocycles. The van der Waals surface area contributed by atoms with Crippen molar-refractivity contribution in [2.24, 2.45) is 7.05 Å². The molecule has 106 valence electrons. The standard InChI is InChI=1S/C15H19N3O2/c1-5-20-15(19)12-6-7-13(17-14(12)10(2)3)11-8-16-18(4)9-11/h6-10H,5H2,1-4H3. The van der Waals surface area contributed by atoms with Crippen LogP contribution >= 0.6 is 0 Å². The lowest BCUT2D eigenvalue weighted by atomic mass is 10.0. The smallest absolute Gasteiger partial charge is 0.339 e. The molecule has 0 aliphatic rings. The largest absolute Gasteiger partial charge is 0.462 e. The molecule has 0 fully saturated rings. The summed E-state index contributed by atoms with van der Waals surface area (Å²) in [5.74, 6) is -0.174. The highest BCUT2D eigenvalue weighted by atomic mass is 16.5. The highest BCUT2D eigenvalue weighted by molar-refractivity contribution is 5.91. The average Bonchev–Trinajstić information content (AvgIpc) is 2.85. The Morgan fingerprint density at radius 1 is 1.40 bits per heavy atom. The van der Waals surface area contributed by atoms with Gasteiger partial charge < -0.3 is 4.74 Å². The molecule has 0 atom stereocenters. The molecule has 0 N–H and O–H groups in total. The molecule has 0 saturated carbocycles. The molecule has 0 amide bonds. The number of hydrogen-bond donors (Lipinski definition) is 0. The molecule has 0 aliphatic carbocycles. The van der Waals surface area contributed by atoms with Gasteiger partial charge in [0, 0.05) is 18.8 Å². The summed E-state index contributed by atoms with van der Waals surface area (Å²) in [6.07, 6.45) is 3.66. The van der Waals surface area contributed by atoms with Gasteiger partial charge in [-0.2, -0.15) is 5.10 Å². The Morgan fingerprint density at radius 2 is 2.15 bits per heavy atom. The monoisotopic (exact) mass is 273 g/mol. The molecular formula is C15H19N3O2. The van der Waals surface area contributed by atoms with Crippen LogP contribution in [-0.2, 0) is 11.8 Å². The summed E-state index contributed by atoms with van der Waals surface area (Å²) in [4.78, 5) is 16.5. The van der Waals surface area contributed by atoms with Crippen molar-refractivity contribution >= 4 is 5.97 Å². The van der Waals surface area contributed by atoms with Gasteiger partial charge >= 0.3 is 5.97 Å². The highest BCUT2D eigenvalue weighted by Crippen LogP contribution is 2.23. The van der Waals surface area contributed by atoms with Crippen molar-refractivity contribution in [3.05, 3.63) is 35.8 Å². The van der Waals surface area contributed by atoms with E-state index < -0.39 is 0 Å². The first-order chi connectivity index (χ1) is 9.52. The molecule has 0 radical (unpaired) electrons. The number of ether oxygens (including phenoxy) is 1. The number of nitrogens with zero attached hydrogens (tertiary/aromatic N) is 3. The number of carbonyl (C=O) groups excluding carboxylic acids is 1. The molecule has 5 nitrogen and oxygen atoms in total. The fraction of sp³-hybridized carbons (Fsp3) is 0.400. The summed E-state index contributed by atoms with van der Waals surface area (Å²) in [5.41, 5.74) is 3.04. The van der Waals surface area contributed by atoms with Crippen LogP contribution in [0.15, 0.2) is 24.5 Å². The number of esters is 1. The van der Waals surface area contributed by atoms with E-state index in [-0.39, 0.29) is 11.9 Å². The van der Waals surface area contributed by atoms with Crippen LogP contribution in [0.25, 0.3) is 11.3 Å². The van der Waals surface area contributed by atoms with Gasteiger partial charge in [0.05, 0.1) is 29.8 Å². The Labute approximate surface area is 118 Å². The van der Waals surface area contributed by atoms with E-state index in [9.17, 15) is 4.79 Å². The third-order valence-electron chi connectivity index (χ3n) is 2.97. The lowest BCUT2D eigenvalue weighted by Gasteiger charge is -2.12. The number of hydrogen-bond acceptors (Lipinski definition) is 4. The molecule has 5 heteroatoms. The van der Waals surface area contributed by atoms with Crippen LogP contribution in [0.2, 0.25) is 0 Å². The van der Waals surface area contributed by atoms with Crippen molar-refractivity contribution in [1.29, 1.82) is 0 Å². The van der Waals surface area contributed by atoms with Crippen molar-refractivity contribution in [1.82, 2.24) is 14.8 Å². The summed E-state index contributed by atoms with van der Waals surface area (Å²) in [5, 5.41) is 4.14. The van der Waals surface area contributed by atoms with Gasteiger partial charge in [0.1, 0.15) is 0 Å². The zero-order valence-electron chi connectivity index (χ0n) is 12.3. The zero-order chi connectivity index (χ0) is 14.7. The Kier molecular flexibility index (Phi) is 4.17. The van der Waals surface area contributed by atoms with Gasteiger partial charge in [-0.05, 0) is 25.0 Å². The van der Waals surface area contributed by atoms with Crippen molar-refractivity contribution in [2.45, 2.75) is 26.7 Å². The predicted molar refractivity (Wildman–Crippen MR) is 76.5 cm³/mol. The summed E-state index contributed by atoms with van der Waals surface area (Å²) in [6, 6.07) is 3.61. The van der Waals surface area contributed by atoms with Crippen molar-refractivity contribution in [3.8, 4) is 11.3 Å². The molecule has 0 unspecified atom stereocenters. The lowest BCUT2D eigenvalue weighted by molar-refractivity contribution is 0.0524. The Bertz CT molecular complexity index is 617. The summed E-state index contributed by atoms with van der Waals surface area (Å²) in [7, 11) is 1.86. The third-order valence-corrected chi connectivity index (χ3v) is 2.97. The van der Waals surface area contributed by atoms with Crippen LogP contribution in [0.5, 0.6) is 0 Å². The first-order valence-corrected chi connectivity index (χ1v) is 6.70. The molecule has 0 aromatic carbocycles. The summed E-state index contributed by atoms with van der Waals surface area (Å²) < 4.78 is 6.80. The van der Waals surface area contributed by atoms with Crippen molar-refractivity contribution in [3.63, 3.8) is 0 Å². The van der Waals surface area contributed by atoms with E-state index >= 15 is 0 Å². The lowest BCUT2D eigenvalue weighted by Crippen LogP contribution is -2.11. The number of aryl methyl sites for hydroxylation is 1. The Hall–Kier alpha value is -2.17. The third kappa shape index (κ3) is 2.87. The van der Waals surface area contributed by atoms with E-state index in [1.165, 1.54) is 0 Å². The Balaban J connectivity index is 2.45. The second-order valence-corrected chi connectivity index (χ2v) is 4.91. The van der Waals surface area contributed by atoms with Crippen LogP contribution in [0.1, 0.15) is 42.7 Å². The minimum Gasteiger partial charge on any atom is -0.462 e. The van der Waals surface area contributed by atoms with E-state index in [1.807, 2.05) is 33.2 Å². The molecule has 20 heavy (non-hydrogen) atoms. The van der Waals surface area contributed by atoms with E-state index in [4.69, 9.17) is 4.74 Å². The highest BCUT2D eigenvalue weighted by Gasteiger charge is 2.17. The first kappa shape index (κ1) is 14.2. The zero-order valence-corrected chi connectivity index (χ0v) is 12.3. The van der Waals surface area contributed by atoms with Gasteiger partial charge in [0.15, 0.2) is 0 Å². The normalized spacial score (nSPS) is 10.8. The quantitative estimate of drug-likeness (QED) is 0.804. The first-order valence-electron chi connectivity index (χ1n) is 6.70.